The van der Waals surface area contributed by atoms with Crippen LogP contribution in [0.25, 0.3) is 0 Å². The molecule has 0 saturated heterocycles. The van der Waals surface area contributed by atoms with Gasteiger partial charge in [0.2, 0.25) is 0 Å². The molecule has 6 heteroatoms. The summed E-state index contributed by atoms with van der Waals surface area (Å²) in [5.41, 5.74) is 0.260. The number of carbonyl (C=O) groups excluding carboxylic acids is 2. The fraction of sp³-hybridized carbons (Fsp3) is 0.800. The number of ketones is 2. The number of carbonyl (C=O) groups is 4. The van der Waals surface area contributed by atoms with Crippen molar-refractivity contribution >= 4 is 24.0 Å². The first-order chi connectivity index (χ1) is 12.3. The molecule has 2 aliphatic rings. The lowest BCUT2D eigenvalue weighted by molar-refractivity contribution is -0.140. The van der Waals surface area contributed by atoms with Gasteiger partial charge in [-0.05, 0) is 38.0 Å². The van der Waals surface area contributed by atoms with E-state index in [1.807, 2.05) is 13.8 Å². The predicted molar refractivity (Wildman–Crippen MR) is 98.9 cm³/mol. The molecule has 0 radical (unpaired) electrons. The molecule has 0 heterocycles. The largest absolute Gasteiger partial charge is 0.483 e. The fourth-order valence-corrected chi connectivity index (χ4v) is 3.69. The number of carboxylic acids is 1. The van der Waals surface area contributed by atoms with Crippen molar-refractivity contribution in [2.75, 3.05) is 0 Å². The van der Waals surface area contributed by atoms with Gasteiger partial charge in [-0.2, -0.15) is 0 Å². The molecule has 3 atom stereocenters. The van der Waals surface area contributed by atoms with Crippen molar-refractivity contribution in [3.05, 3.63) is 0 Å². The summed E-state index contributed by atoms with van der Waals surface area (Å²) in [6, 6.07) is 0. The van der Waals surface area contributed by atoms with Crippen LogP contribution in [-0.2, 0) is 19.2 Å². The van der Waals surface area contributed by atoms with Crippen LogP contribution in [0.5, 0.6) is 0 Å². The molecule has 1 spiro atoms. The van der Waals surface area contributed by atoms with Crippen LogP contribution in [0.1, 0.15) is 85.0 Å². The van der Waals surface area contributed by atoms with Crippen molar-refractivity contribution in [2.24, 2.45) is 17.3 Å². The summed E-state index contributed by atoms with van der Waals surface area (Å²) in [4.78, 5) is 41.2. The molecule has 2 aliphatic carbocycles. The summed E-state index contributed by atoms with van der Waals surface area (Å²) < 4.78 is 0. The highest BCUT2D eigenvalue weighted by Crippen LogP contribution is 2.62. The van der Waals surface area contributed by atoms with Gasteiger partial charge in [0, 0.05) is 24.2 Å². The maximum absolute atomic E-state index is 11.4. The second-order valence-electron chi connectivity index (χ2n) is 7.19. The Hall–Kier alpha value is -1.72. The Morgan fingerprint density at radius 3 is 2.12 bits per heavy atom. The second kappa shape index (κ2) is 12.6. The Labute approximate surface area is 156 Å². The molecule has 26 heavy (non-hydrogen) atoms. The fourth-order valence-electron chi connectivity index (χ4n) is 3.69. The third-order valence-electron chi connectivity index (χ3n) is 5.27. The van der Waals surface area contributed by atoms with Crippen molar-refractivity contribution in [3.63, 3.8) is 0 Å². The molecule has 0 amide bonds. The molecule has 0 aliphatic heterocycles. The summed E-state index contributed by atoms with van der Waals surface area (Å²) in [6.45, 7) is 5.86. The SMILES string of the molecule is CCCC(=O)[C@@H](CCC)CC(=O)O.CCC[C@@H]1CC[C@@]12CC2=O.O=CO. The van der Waals surface area contributed by atoms with Crippen LogP contribution >= 0.6 is 0 Å². The van der Waals surface area contributed by atoms with Gasteiger partial charge >= 0.3 is 5.97 Å². The third kappa shape index (κ3) is 7.67. The normalized spacial score (nSPS) is 23.5. The minimum absolute atomic E-state index is 0.00727. The Bertz CT molecular complexity index is 473. The maximum Gasteiger partial charge on any atom is 0.304 e. The molecular formula is C20H34O6. The number of rotatable bonds is 9. The van der Waals surface area contributed by atoms with Gasteiger partial charge in [-0.15, -0.1) is 0 Å². The van der Waals surface area contributed by atoms with Gasteiger partial charge in [0.15, 0.2) is 0 Å². The van der Waals surface area contributed by atoms with Gasteiger partial charge in [0.05, 0.1) is 6.42 Å². The summed E-state index contributed by atoms with van der Waals surface area (Å²) >= 11 is 0. The van der Waals surface area contributed by atoms with E-state index in [0.717, 1.165) is 25.2 Å². The zero-order valence-electron chi connectivity index (χ0n) is 16.3. The van der Waals surface area contributed by atoms with Crippen LogP contribution in [0.15, 0.2) is 0 Å². The molecule has 0 aromatic carbocycles. The van der Waals surface area contributed by atoms with Crippen LogP contribution in [0.2, 0.25) is 0 Å². The molecule has 2 N–H and O–H groups in total. The van der Waals surface area contributed by atoms with Crippen molar-refractivity contribution in [3.8, 4) is 0 Å². The summed E-state index contributed by atoms with van der Waals surface area (Å²) in [5, 5.41) is 15.5. The van der Waals surface area contributed by atoms with E-state index < -0.39 is 5.97 Å². The molecule has 6 nitrogen and oxygen atoms in total. The van der Waals surface area contributed by atoms with E-state index in [4.69, 9.17) is 15.0 Å². The second-order valence-corrected chi connectivity index (χ2v) is 7.19. The lowest BCUT2D eigenvalue weighted by Gasteiger charge is -2.35. The van der Waals surface area contributed by atoms with Crippen LogP contribution in [0.4, 0.5) is 0 Å². The van der Waals surface area contributed by atoms with Crippen LogP contribution < -0.4 is 0 Å². The standard InChI is InChI=1S/C10H18O3.C9H14O.CH2O2/c1-3-5-8(7-10(12)13)9(11)6-4-2;1-2-3-7-4-5-9(7)6-8(9)10;2-1-3/h8H,3-7H2,1-2H3,(H,12,13);7H,2-6H2,1H3;1H,(H,2,3)/t8-;7-,9-;/m01./s1. The Kier molecular flexibility index (Phi) is 11.8. The van der Waals surface area contributed by atoms with Crippen molar-refractivity contribution in [1.29, 1.82) is 0 Å². The monoisotopic (exact) mass is 370 g/mol. The highest BCUT2D eigenvalue weighted by molar-refractivity contribution is 6.02. The quantitative estimate of drug-likeness (QED) is 0.591. The molecule has 2 saturated carbocycles. The summed E-state index contributed by atoms with van der Waals surface area (Å²) in [7, 11) is 0. The molecule has 0 bridgehead atoms. The predicted octanol–water partition coefficient (Wildman–Crippen LogP) is 4.10. The van der Waals surface area contributed by atoms with E-state index >= 15 is 0 Å². The number of carboxylic acid groups (broad SMARTS) is 2. The summed E-state index contributed by atoms with van der Waals surface area (Å²) in [5.74, 6) is 0.305. The minimum Gasteiger partial charge on any atom is -0.483 e. The number of hydrogen-bond donors (Lipinski definition) is 2. The van der Waals surface area contributed by atoms with Gasteiger partial charge in [0.25, 0.3) is 6.47 Å². The summed E-state index contributed by atoms with van der Waals surface area (Å²) in [6.07, 6.45) is 8.85. The Balaban J connectivity index is 0.000000424. The Morgan fingerprint density at radius 1 is 1.23 bits per heavy atom. The van der Waals surface area contributed by atoms with Crippen LogP contribution in [0.3, 0.4) is 0 Å². The molecule has 0 aromatic heterocycles. The zero-order chi connectivity index (χ0) is 20.2. The lowest BCUT2D eigenvalue weighted by Crippen LogP contribution is -2.29. The highest BCUT2D eigenvalue weighted by Gasteiger charge is 2.63. The minimum atomic E-state index is -0.872. The van der Waals surface area contributed by atoms with E-state index in [-0.39, 0.29) is 30.0 Å². The smallest absolute Gasteiger partial charge is 0.304 e. The van der Waals surface area contributed by atoms with Gasteiger partial charge < -0.3 is 10.2 Å². The first-order valence-electron chi connectivity index (χ1n) is 9.68. The topological polar surface area (TPSA) is 109 Å². The van der Waals surface area contributed by atoms with E-state index in [2.05, 4.69) is 6.92 Å². The number of aliphatic carboxylic acids is 1. The maximum atomic E-state index is 11.4. The van der Waals surface area contributed by atoms with E-state index in [1.54, 1.807) is 0 Å². The van der Waals surface area contributed by atoms with Crippen molar-refractivity contribution < 1.29 is 29.4 Å². The molecule has 0 unspecified atom stereocenters. The van der Waals surface area contributed by atoms with E-state index in [9.17, 15) is 14.4 Å². The lowest BCUT2D eigenvalue weighted by atomic mass is 9.68. The highest BCUT2D eigenvalue weighted by atomic mass is 16.4. The molecule has 150 valence electrons. The molecule has 0 aromatic rings. The average molecular weight is 370 g/mol. The third-order valence-corrected chi connectivity index (χ3v) is 5.27. The van der Waals surface area contributed by atoms with E-state index in [1.165, 1.54) is 25.7 Å². The van der Waals surface area contributed by atoms with Crippen molar-refractivity contribution in [1.82, 2.24) is 0 Å². The average Bonchev–Trinajstić information content (AvgIpc) is 3.27. The van der Waals surface area contributed by atoms with Gasteiger partial charge in [-0.25, -0.2) is 0 Å². The van der Waals surface area contributed by atoms with Crippen molar-refractivity contribution in [2.45, 2.75) is 85.0 Å². The number of Topliss-reactive ketones (excluding diaryl/α,β-unsaturated/α-hetero) is 2. The Morgan fingerprint density at radius 2 is 1.81 bits per heavy atom. The van der Waals surface area contributed by atoms with E-state index in [0.29, 0.717) is 18.6 Å². The first kappa shape index (κ1) is 24.3. The van der Waals surface area contributed by atoms with Gasteiger partial charge in [-0.3, -0.25) is 19.2 Å². The zero-order valence-corrected chi connectivity index (χ0v) is 16.3. The first-order valence-corrected chi connectivity index (χ1v) is 9.68. The van der Waals surface area contributed by atoms with Crippen LogP contribution in [0, 0.1) is 17.3 Å². The van der Waals surface area contributed by atoms with Gasteiger partial charge in [-0.1, -0.05) is 33.6 Å². The number of hydrogen-bond acceptors (Lipinski definition) is 4. The van der Waals surface area contributed by atoms with Crippen LogP contribution in [-0.4, -0.2) is 34.2 Å². The molecule has 2 rings (SSSR count). The molecule has 2 fully saturated rings. The van der Waals surface area contributed by atoms with Gasteiger partial charge in [0.1, 0.15) is 11.6 Å². The molecular weight excluding hydrogens is 336 g/mol.